The van der Waals surface area contributed by atoms with E-state index < -0.39 is 0 Å². The SMILES string of the molecule is CC(C)(C)c1ccc(Cn2c(-c3cccnc3)nc3ccccc32)cc1. The molecule has 0 unspecified atom stereocenters. The Morgan fingerprint density at radius 2 is 1.65 bits per heavy atom. The first-order chi connectivity index (χ1) is 12.5. The second-order valence-electron chi connectivity index (χ2n) is 7.70. The zero-order chi connectivity index (χ0) is 18.1. The van der Waals surface area contributed by atoms with Crippen LogP contribution in [-0.2, 0) is 12.0 Å². The molecule has 0 amide bonds. The maximum atomic E-state index is 4.86. The Balaban J connectivity index is 1.78. The van der Waals surface area contributed by atoms with Gasteiger partial charge in [0.2, 0.25) is 0 Å². The van der Waals surface area contributed by atoms with E-state index in [1.54, 1.807) is 6.20 Å². The summed E-state index contributed by atoms with van der Waals surface area (Å²) in [5.74, 6) is 0.958. The van der Waals surface area contributed by atoms with E-state index in [4.69, 9.17) is 4.98 Å². The van der Waals surface area contributed by atoms with Crippen molar-refractivity contribution >= 4 is 11.0 Å². The van der Waals surface area contributed by atoms with Crippen LogP contribution < -0.4 is 0 Å². The molecule has 3 heteroatoms. The number of imidazole rings is 1. The molecule has 4 rings (SSSR count). The molecule has 0 spiro atoms. The minimum Gasteiger partial charge on any atom is -0.319 e. The monoisotopic (exact) mass is 341 g/mol. The molecule has 2 aromatic carbocycles. The number of hydrogen-bond donors (Lipinski definition) is 0. The second-order valence-corrected chi connectivity index (χ2v) is 7.70. The highest BCUT2D eigenvalue weighted by atomic mass is 15.1. The van der Waals surface area contributed by atoms with Gasteiger partial charge >= 0.3 is 0 Å². The summed E-state index contributed by atoms with van der Waals surface area (Å²) in [6.45, 7) is 7.51. The molecule has 0 radical (unpaired) electrons. The van der Waals surface area contributed by atoms with Crippen molar-refractivity contribution in [3.05, 3.63) is 84.2 Å². The number of para-hydroxylation sites is 2. The predicted molar refractivity (Wildman–Crippen MR) is 107 cm³/mol. The van der Waals surface area contributed by atoms with Gasteiger partial charge in [0.1, 0.15) is 5.82 Å². The third kappa shape index (κ3) is 3.13. The van der Waals surface area contributed by atoms with E-state index >= 15 is 0 Å². The number of fused-ring (bicyclic) bond motifs is 1. The maximum absolute atomic E-state index is 4.86. The molecule has 3 nitrogen and oxygen atoms in total. The van der Waals surface area contributed by atoms with Crippen molar-refractivity contribution in [2.75, 3.05) is 0 Å². The van der Waals surface area contributed by atoms with E-state index in [1.165, 1.54) is 11.1 Å². The Labute approximate surface area is 154 Å². The number of nitrogens with zero attached hydrogens (tertiary/aromatic N) is 3. The zero-order valence-electron chi connectivity index (χ0n) is 15.5. The highest BCUT2D eigenvalue weighted by molar-refractivity contribution is 5.80. The summed E-state index contributed by atoms with van der Waals surface area (Å²) in [7, 11) is 0. The van der Waals surface area contributed by atoms with Gasteiger partial charge in [-0.1, -0.05) is 57.2 Å². The van der Waals surface area contributed by atoms with Crippen LogP contribution in [0.3, 0.4) is 0 Å². The van der Waals surface area contributed by atoms with E-state index in [9.17, 15) is 0 Å². The Bertz CT molecular complexity index is 1020. The van der Waals surface area contributed by atoms with Crippen molar-refractivity contribution in [1.29, 1.82) is 0 Å². The highest BCUT2D eigenvalue weighted by Crippen LogP contribution is 2.26. The second kappa shape index (κ2) is 6.41. The molecule has 0 saturated carbocycles. The van der Waals surface area contributed by atoms with Gasteiger partial charge in [0.15, 0.2) is 0 Å². The zero-order valence-corrected chi connectivity index (χ0v) is 15.5. The molecule has 0 saturated heterocycles. The molecule has 0 fully saturated rings. The molecule has 0 aliphatic heterocycles. The van der Waals surface area contributed by atoms with Gasteiger partial charge in [-0.05, 0) is 40.8 Å². The lowest BCUT2D eigenvalue weighted by molar-refractivity contribution is 0.590. The van der Waals surface area contributed by atoms with Crippen LogP contribution in [0.4, 0.5) is 0 Å². The van der Waals surface area contributed by atoms with Gasteiger partial charge in [0, 0.05) is 24.5 Å². The Kier molecular flexibility index (Phi) is 4.08. The molecule has 0 N–H and O–H groups in total. The minimum absolute atomic E-state index is 0.168. The summed E-state index contributed by atoms with van der Waals surface area (Å²) in [6, 6.07) is 21.2. The molecule has 0 bridgehead atoms. The van der Waals surface area contributed by atoms with Crippen LogP contribution in [0.1, 0.15) is 31.9 Å². The Morgan fingerprint density at radius 3 is 2.35 bits per heavy atom. The summed E-state index contributed by atoms with van der Waals surface area (Å²) >= 11 is 0. The van der Waals surface area contributed by atoms with Gasteiger partial charge in [-0.3, -0.25) is 4.98 Å². The van der Waals surface area contributed by atoms with Crippen LogP contribution in [0.15, 0.2) is 73.1 Å². The third-order valence-corrected chi connectivity index (χ3v) is 4.73. The van der Waals surface area contributed by atoms with E-state index in [0.717, 1.165) is 29.0 Å². The lowest BCUT2D eigenvalue weighted by Crippen LogP contribution is -2.11. The Morgan fingerprint density at radius 1 is 0.885 bits per heavy atom. The van der Waals surface area contributed by atoms with Crippen molar-refractivity contribution in [3.63, 3.8) is 0 Å². The predicted octanol–water partition coefficient (Wildman–Crippen LogP) is 5.44. The normalized spacial score (nSPS) is 11.8. The van der Waals surface area contributed by atoms with Gasteiger partial charge in [-0.15, -0.1) is 0 Å². The maximum Gasteiger partial charge on any atom is 0.143 e. The number of aromatic nitrogens is 3. The summed E-state index contributed by atoms with van der Waals surface area (Å²) in [4.78, 5) is 9.12. The molecule has 0 aliphatic carbocycles. The van der Waals surface area contributed by atoms with E-state index in [1.807, 2.05) is 18.3 Å². The standard InChI is InChI=1S/C23H23N3/c1-23(2,3)19-12-10-17(11-13-19)16-26-21-9-5-4-8-20(21)25-22(26)18-7-6-14-24-15-18/h4-15H,16H2,1-3H3. The van der Waals surface area contributed by atoms with Gasteiger partial charge in [0.25, 0.3) is 0 Å². The molecule has 130 valence electrons. The van der Waals surface area contributed by atoms with E-state index in [0.29, 0.717) is 0 Å². The van der Waals surface area contributed by atoms with Crippen molar-refractivity contribution in [2.24, 2.45) is 0 Å². The van der Waals surface area contributed by atoms with E-state index in [-0.39, 0.29) is 5.41 Å². The molecule has 0 atom stereocenters. The van der Waals surface area contributed by atoms with Gasteiger partial charge in [-0.2, -0.15) is 0 Å². The smallest absolute Gasteiger partial charge is 0.143 e. The van der Waals surface area contributed by atoms with Crippen LogP contribution in [0.25, 0.3) is 22.4 Å². The molecule has 4 aromatic rings. The molecule has 2 heterocycles. The molecule has 2 aromatic heterocycles. The van der Waals surface area contributed by atoms with Gasteiger partial charge in [0.05, 0.1) is 11.0 Å². The lowest BCUT2D eigenvalue weighted by atomic mass is 9.87. The van der Waals surface area contributed by atoms with Crippen LogP contribution in [0, 0.1) is 0 Å². The van der Waals surface area contributed by atoms with Crippen LogP contribution in [0.5, 0.6) is 0 Å². The first kappa shape index (κ1) is 16.5. The van der Waals surface area contributed by atoms with E-state index in [2.05, 4.69) is 78.9 Å². The van der Waals surface area contributed by atoms with Gasteiger partial charge in [-0.25, -0.2) is 4.98 Å². The topological polar surface area (TPSA) is 30.7 Å². The van der Waals surface area contributed by atoms with Crippen molar-refractivity contribution < 1.29 is 0 Å². The number of benzene rings is 2. The average molecular weight is 341 g/mol. The number of rotatable bonds is 3. The highest BCUT2D eigenvalue weighted by Gasteiger charge is 2.15. The minimum atomic E-state index is 0.168. The summed E-state index contributed by atoms with van der Waals surface area (Å²) in [6.07, 6.45) is 3.67. The van der Waals surface area contributed by atoms with Crippen LogP contribution in [0.2, 0.25) is 0 Å². The summed E-state index contributed by atoms with van der Waals surface area (Å²) < 4.78 is 2.28. The summed E-state index contributed by atoms with van der Waals surface area (Å²) in [5.41, 5.74) is 5.98. The number of hydrogen-bond acceptors (Lipinski definition) is 2. The van der Waals surface area contributed by atoms with Crippen molar-refractivity contribution in [3.8, 4) is 11.4 Å². The quantitative estimate of drug-likeness (QED) is 0.496. The average Bonchev–Trinajstić information content (AvgIpc) is 3.01. The lowest BCUT2D eigenvalue weighted by Gasteiger charge is -2.19. The van der Waals surface area contributed by atoms with Gasteiger partial charge < -0.3 is 4.57 Å². The molecule has 0 aliphatic rings. The van der Waals surface area contributed by atoms with Crippen molar-refractivity contribution in [1.82, 2.24) is 14.5 Å². The molecule has 26 heavy (non-hydrogen) atoms. The van der Waals surface area contributed by atoms with Crippen LogP contribution in [-0.4, -0.2) is 14.5 Å². The molecular formula is C23H23N3. The number of pyridine rings is 1. The Hall–Kier alpha value is -2.94. The first-order valence-corrected chi connectivity index (χ1v) is 8.97. The molecular weight excluding hydrogens is 318 g/mol. The fourth-order valence-electron chi connectivity index (χ4n) is 3.24. The summed E-state index contributed by atoms with van der Waals surface area (Å²) in [5, 5.41) is 0. The largest absolute Gasteiger partial charge is 0.319 e. The fourth-order valence-corrected chi connectivity index (χ4v) is 3.24. The van der Waals surface area contributed by atoms with Crippen LogP contribution >= 0.6 is 0 Å². The van der Waals surface area contributed by atoms with Crippen molar-refractivity contribution in [2.45, 2.75) is 32.7 Å². The first-order valence-electron chi connectivity index (χ1n) is 8.97. The third-order valence-electron chi connectivity index (χ3n) is 4.73. The fraction of sp³-hybridized carbons (Fsp3) is 0.217.